The monoisotopic (exact) mass is 551 g/mol. The second-order valence-electron chi connectivity index (χ2n) is 10.9. The molecule has 0 amide bonds. The minimum Gasteiger partial charge on any atom is -0.309 e. The number of hydrogen-bond acceptors (Lipinski definition) is 2. The van der Waals surface area contributed by atoms with E-state index >= 15 is 0 Å². The number of anilines is 3. The highest BCUT2D eigenvalue weighted by Gasteiger charge is 2.21. The standard InChI is InChI=1S/C40H25NS/c1-2-14-31(15-3-1)41(35-18-9-19-36-40(35)33-24-29-11-4-5-12-30(29)25-37(33)42-36)34-17-8-13-27-22-23-28-21-20-26-10-6-7-16-32(26)38(28)39(27)34/h1-25H. The average Bonchev–Trinajstić information content (AvgIpc) is 3.42. The molecular formula is C40H25NS. The van der Waals surface area contributed by atoms with E-state index in [2.05, 4.69) is 157 Å². The molecular weight excluding hydrogens is 527 g/mol. The Morgan fingerprint density at radius 1 is 0.357 bits per heavy atom. The smallest absolute Gasteiger partial charge is 0.0555 e. The lowest BCUT2D eigenvalue weighted by Gasteiger charge is -2.28. The summed E-state index contributed by atoms with van der Waals surface area (Å²) in [7, 11) is 0. The maximum absolute atomic E-state index is 2.48. The molecule has 0 fully saturated rings. The van der Waals surface area contributed by atoms with E-state index in [-0.39, 0.29) is 0 Å². The van der Waals surface area contributed by atoms with Gasteiger partial charge in [0.1, 0.15) is 0 Å². The summed E-state index contributed by atoms with van der Waals surface area (Å²) in [4.78, 5) is 2.48. The van der Waals surface area contributed by atoms with Gasteiger partial charge in [-0.25, -0.2) is 0 Å². The quantitative estimate of drug-likeness (QED) is 0.197. The Hall–Kier alpha value is -5.18. The first-order valence-corrected chi connectivity index (χ1v) is 15.2. The summed E-state index contributed by atoms with van der Waals surface area (Å²) in [6, 6.07) is 55.5. The SMILES string of the molecule is c1ccc(N(c2cccc3sc4cc5ccccc5cc4c23)c2cccc3ccc4ccc5ccccc5c4c23)cc1. The van der Waals surface area contributed by atoms with E-state index in [1.54, 1.807) is 0 Å². The van der Waals surface area contributed by atoms with Crippen LogP contribution in [-0.4, -0.2) is 0 Å². The minimum atomic E-state index is 1.15. The third-order valence-corrected chi connectivity index (χ3v) is 9.68. The van der Waals surface area contributed by atoms with Crippen LogP contribution in [-0.2, 0) is 0 Å². The van der Waals surface area contributed by atoms with Gasteiger partial charge in [-0.15, -0.1) is 11.3 Å². The van der Waals surface area contributed by atoms with Crippen LogP contribution in [0.15, 0.2) is 152 Å². The first-order valence-electron chi connectivity index (χ1n) is 14.4. The molecule has 42 heavy (non-hydrogen) atoms. The van der Waals surface area contributed by atoms with Gasteiger partial charge in [0.2, 0.25) is 0 Å². The van der Waals surface area contributed by atoms with Crippen molar-refractivity contribution in [2.75, 3.05) is 4.90 Å². The zero-order valence-corrected chi connectivity index (χ0v) is 23.6. The van der Waals surface area contributed by atoms with Crippen molar-refractivity contribution in [3.63, 3.8) is 0 Å². The number of para-hydroxylation sites is 1. The second-order valence-corrected chi connectivity index (χ2v) is 12.0. The van der Waals surface area contributed by atoms with Crippen molar-refractivity contribution in [3.05, 3.63) is 152 Å². The van der Waals surface area contributed by atoms with Crippen LogP contribution in [0, 0.1) is 0 Å². The Morgan fingerprint density at radius 2 is 0.952 bits per heavy atom. The van der Waals surface area contributed by atoms with E-state index in [1.165, 1.54) is 74.6 Å². The van der Waals surface area contributed by atoms with E-state index in [0.717, 1.165) is 5.69 Å². The molecule has 1 heterocycles. The van der Waals surface area contributed by atoms with Gasteiger partial charge in [-0.3, -0.25) is 0 Å². The van der Waals surface area contributed by atoms with E-state index in [9.17, 15) is 0 Å². The predicted molar refractivity (Wildman–Crippen MR) is 184 cm³/mol. The number of benzene rings is 8. The average molecular weight is 552 g/mol. The second kappa shape index (κ2) is 9.17. The maximum atomic E-state index is 2.48. The minimum absolute atomic E-state index is 1.15. The van der Waals surface area contributed by atoms with E-state index in [4.69, 9.17) is 0 Å². The van der Waals surface area contributed by atoms with Gasteiger partial charge >= 0.3 is 0 Å². The summed E-state index contributed by atoms with van der Waals surface area (Å²) in [6.45, 7) is 0. The van der Waals surface area contributed by atoms with Crippen molar-refractivity contribution in [2.24, 2.45) is 0 Å². The molecule has 0 aliphatic rings. The van der Waals surface area contributed by atoms with Crippen molar-refractivity contribution in [1.82, 2.24) is 0 Å². The van der Waals surface area contributed by atoms with Gasteiger partial charge in [0, 0.05) is 31.2 Å². The van der Waals surface area contributed by atoms with Crippen LogP contribution < -0.4 is 4.90 Å². The number of rotatable bonds is 3. The summed E-state index contributed by atoms with van der Waals surface area (Å²) in [5, 5.41) is 12.8. The lowest BCUT2D eigenvalue weighted by atomic mass is 9.94. The fourth-order valence-corrected chi connectivity index (χ4v) is 7.86. The molecule has 1 nitrogen and oxygen atoms in total. The van der Waals surface area contributed by atoms with Gasteiger partial charge in [0.05, 0.1) is 11.4 Å². The van der Waals surface area contributed by atoms with Crippen molar-refractivity contribution >= 4 is 91.7 Å². The Bertz CT molecular complexity index is 2470. The predicted octanol–water partition coefficient (Wildman–Crippen LogP) is 12.1. The molecule has 0 saturated carbocycles. The fraction of sp³-hybridized carbons (Fsp3) is 0. The van der Waals surface area contributed by atoms with Crippen molar-refractivity contribution < 1.29 is 0 Å². The Kier molecular flexibility index (Phi) is 5.13. The molecule has 0 bridgehead atoms. The highest BCUT2D eigenvalue weighted by atomic mass is 32.1. The van der Waals surface area contributed by atoms with E-state index in [0.29, 0.717) is 0 Å². The van der Waals surface area contributed by atoms with Crippen LogP contribution in [0.3, 0.4) is 0 Å². The fourth-order valence-electron chi connectivity index (χ4n) is 6.71. The normalized spacial score (nSPS) is 11.8. The summed E-state index contributed by atoms with van der Waals surface area (Å²) >= 11 is 1.88. The van der Waals surface area contributed by atoms with Crippen LogP contribution in [0.25, 0.3) is 63.3 Å². The van der Waals surface area contributed by atoms with Gasteiger partial charge < -0.3 is 4.90 Å². The zero-order chi connectivity index (χ0) is 27.6. The summed E-state index contributed by atoms with van der Waals surface area (Å²) < 4.78 is 2.62. The topological polar surface area (TPSA) is 3.24 Å². The van der Waals surface area contributed by atoms with Gasteiger partial charge in [-0.05, 0) is 80.2 Å². The number of thiophene rings is 1. The first kappa shape index (κ1) is 23.5. The van der Waals surface area contributed by atoms with Gasteiger partial charge in [0.25, 0.3) is 0 Å². The maximum Gasteiger partial charge on any atom is 0.0555 e. The molecule has 0 atom stereocenters. The summed E-state index contributed by atoms with van der Waals surface area (Å²) in [6.07, 6.45) is 0. The Balaban J connectivity index is 1.44. The molecule has 1 aromatic heterocycles. The Morgan fingerprint density at radius 3 is 1.76 bits per heavy atom. The van der Waals surface area contributed by atoms with Crippen LogP contribution >= 0.6 is 11.3 Å². The van der Waals surface area contributed by atoms with E-state index in [1.807, 2.05) is 11.3 Å². The van der Waals surface area contributed by atoms with Crippen molar-refractivity contribution in [1.29, 1.82) is 0 Å². The van der Waals surface area contributed by atoms with E-state index < -0.39 is 0 Å². The molecule has 0 radical (unpaired) electrons. The van der Waals surface area contributed by atoms with Crippen LogP contribution in [0.1, 0.15) is 0 Å². The highest BCUT2D eigenvalue weighted by Crippen LogP contribution is 2.48. The lowest BCUT2D eigenvalue weighted by molar-refractivity contribution is 1.32. The zero-order valence-electron chi connectivity index (χ0n) is 22.8. The molecule has 9 rings (SSSR count). The molecule has 0 N–H and O–H groups in total. The summed E-state index contributed by atoms with van der Waals surface area (Å²) in [5.41, 5.74) is 3.54. The number of fused-ring (bicyclic) bond motifs is 9. The van der Waals surface area contributed by atoms with Crippen molar-refractivity contribution in [2.45, 2.75) is 0 Å². The first-order chi connectivity index (χ1) is 20.8. The lowest BCUT2D eigenvalue weighted by Crippen LogP contribution is -2.11. The third kappa shape index (κ3) is 3.49. The van der Waals surface area contributed by atoms with Crippen LogP contribution in [0.2, 0.25) is 0 Å². The molecule has 8 aromatic carbocycles. The van der Waals surface area contributed by atoms with Gasteiger partial charge in [-0.1, -0.05) is 109 Å². The van der Waals surface area contributed by atoms with Gasteiger partial charge in [-0.2, -0.15) is 0 Å². The summed E-state index contributed by atoms with van der Waals surface area (Å²) in [5.74, 6) is 0. The van der Waals surface area contributed by atoms with Crippen LogP contribution in [0.4, 0.5) is 17.1 Å². The Labute approximate surface area is 247 Å². The van der Waals surface area contributed by atoms with Gasteiger partial charge in [0.15, 0.2) is 0 Å². The molecule has 196 valence electrons. The number of nitrogens with zero attached hydrogens (tertiary/aromatic N) is 1. The molecule has 0 spiro atoms. The molecule has 0 aliphatic carbocycles. The largest absolute Gasteiger partial charge is 0.309 e. The molecule has 9 aromatic rings. The molecule has 2 heteroatoms. The van der Waals surface area contributed by atoms with Crippen molar-refractivity contribution in [3.8, 4) is 0 Å². The molecule has 0 aliphatic heterocycles. The van der Waals surface area contributed by atoms with Crippen LogP contribution in [0.5, 0.6) is 0 Å². The molecule has 0 unspecified atom stereocenters. The molecule has 0 saturated heterocycles. The highest BCUT2D eigenvalue weighted by molar-refractivity contribution is 7.26. The third-order valence-electron chi connectivity index (χ3n) is 8.57. The number of hydrogen-bond donors (Lipinski definition) is 0.